The van der Waals surface area contributed by atoms with Gasteiger partial charge < -0.3 is 0 Å². The van der Waals surface area contributed by atoms with Gasteiger partial charge in [-0.15, -0.1) is 6.58 Å². The van der Waals surface area contributed by atoms with E-state index in [4.69, 9.17) is 11.6 Å². The second kappa shape index (κ2) is 4.07. The lowest BCUT2D eigenvalue weighted by Gasteiger charge is -2.05. The molecule has 2 heteroatoms. The molecule has 0 spiro atoms. The zero-order chi connectivity index (χ0) is 8.97. The molecular formula is C10H9ClO. The minimum absolute atomic E-state index is 0.382. The minimum atomic E-state index is -0.392. The van der Waals surface area contributed by atoms with Crippen LogP contribution in [-0.4, -0.2) is 5.24 Å². The molecule has 0 amide bonds. The van der Waals surface area contributed by atoms with Crippen LogP contribution in [0.15, 0.2) is 43.0 Å². The lowest BCUT2D eigenvalue weighted by molar-refractivity contribution is -0.112. The van der Waals surface area contributed by atoms with Crippen LogP contribution in [0.1, 0.15) is 11.5 Å². The maximum Gasteiger partial charge on any atom is 0.232 e. The molecule has 12 heavy (non-hydrogen) atoms. The highest BCUT2D eigenvalue weighted by molar-refractivity contribution is 6.65. The molecule has 1 unspecified atom stereocenters. The molecule has 0 saturated heterocycles. The van der Waals surface area contributed by atoms with Gasteiger partial charge >= 0.3 is 0 Å². The first kappa shape index (κ1) is 9.01. The molecule has 0 aliphatic heterocycles. The third kappa shape index (κ3) is 1.95. The van der Waals surface area contributed by atoms with Gasteiger partial charge in [-0.1, -0.05) is 36.4 Å². The predicted molar refractivity (Wildman–Crippen MR) is 50.2 cm³/mol. The highest BCUT2D eigenvalue weighted by Crippen LogP contribution is 2.18. The summed E-state index contributed by atoms with van der Waals surface area (Å²) in [5.74, 6) is -0.382. The van der Waals surface area contributed by atoms with Crippen LogP contribution in [0.2, 0.25) is 0 Å². The second-order valence-corrected chi connectivity index (χ2v) is 2.80. The zero-order valence-electron chi connectivity index (χ0n) is 6.53. The van der Waals surface area contributed by atoms with Crippen LogP contribution >= 0.6 is 11.6 Å². The van der Waals surface area contributed by atoms with Crippen LogP contribution in [0.3, 0.4) is 0 Å². The monoisotopic (exact) mass is 180 g/mol. The Morgan fingerprint density at radius 2 is 2.00 bits per heavy atom. The van der Waals surface area contributed by atoms with Crippen LogP contribution in [0.4, 0.5) is 0 Å². The van der Waals surface area contributed by atoms with Gasteiger partial charge in [-0.25, -0.2) is 0 Å². The van der Waals surface area contributed by atoms with Crippen LogP contribution in [0.25, 0.3) is 0 Å². The summed E-state index contributed by atoms with van der Waals surface area (Å²) in [4.78, 5) is 10.9. The van der Waals surface area contributed by atoms with Crippen molar-refractivity contribution in [2.75, 3.05) is 0 Å². The largest absolute Gasteiger partial charge is 0.280 e. The van der Waals surface area contributed by atoms with E-state index in [0.717, 1.165) is 5.56 Å². The Morgan fingerprint density at radius 3 is 2.42 bits per heavy atom. The normalized spacial score (nSPS) is 12.1. The van der Waals surface area contributed by atoms with Gasteiger partial charge in [0, 0.05) is 0 Å². The molecule has 0 aliphatic carbocycles. The predicted octanol–water partition coefficient (Wildman–Crippen LogP) is 2.72. The van der Waals surface area contributed by atoms with Gasteiger partial charge in [-0.3, -0.25) is 4.79 Å². The summed E-state index contributed by atoms with van der Waals surface area (Å²) in [6, 6.07) is 9.33. The molecule has 0 saturated carbocycles. The van der Waals surface area contributed by atoms with E-state index in [-0.39, 0.29) is 5.92 Å². The third-order valence-corrected chi connectivity index (χ3v) is 1.87. The number of carbonyl (C=O) groups is 1. The van der Waals surface area contributed by atoms with E-state index in [1.54, 1.807) is 6.08 Å². The summed E-state index contributed by atoms with van der Waals surface area (Å²) in [7, 11) is 0. The molecule has 0 N–H and O–H groups in total. The standard InChI is InChI=1S/C10H9ClO/c1-2-9(10(11)12)8-6-4-3-5-7-8/h2-7,9H,1H2. The summed E-state index contributed by atoms with van der Waals surface area (Å²) in [6.45, 7) is 3.55. The fraction of sp³-hybridized carbons (Fsp3) is 0.100. The van der Waals surface area contributed by atoms with E-state index in [9.17, 15) is 4.79 Å². The highest BCUT2D eigenvalue weighted by atomic mass is 35.5. The summed E-state index contributed by atoms with van der Waals surface area (Å²) in [5, 5.41) is -0.392. The number of allylic oxidation sites excluding steroid dienone is 1. The fourth-order valence-electron chi connectivity index (χ4n) is 1.02. The van der Waals surface area contributed by atoms with Crippen molar-refractivity contribution in [3.8, 4) is 0 Å². The van der Waals surface area contributed by atoms with Gasteiger partial charge in [0.15, 0.2) is 0 Å². The van der Waals surface area contributed by atoms with Crippen molar-refractivity contribution < 1.29 is 4.79 Å². The number of halogens is 1. The molecule has 62 valence electrons. The SMILES string of the molecule is C=CC(C(=O)Cl)c1ccccc1. The Hall–Kier alpha value is -1.08. The van der Waals surface area contributed by atoms with E-state index >= 15 is 0 Å². The molecule has 0 bridgehead atoms. The Balaban J connectivity index is 2.95. The highest BCUT2D eigenvalue weighted by Gasteiger charge is 2.13. The van der Waals surface area contributed by atoms with Crippen molar-refractivity contribution in [2.24, 2.45) is 0 Å². The van der Waals surface area contributed by atoms with Gasteiger partial charge in [-0.05, 0) is 17.2 Å². The Bertz CT molecular complexity index is 279. The minimum Gasteiger partial charge on any atom is -0.280 e. The Labute approximate surface area is 76.7 Å². The molecule has 0 heterocycles. The van der Waals surface area contributed by atoms with Crippen LogP contribution in [0, 0.1) is 0 Å². The molecule has 1 aromatic carbocycles. The average molecular weight is 181 g/mol. The maximum atomic E-state index is 10.9. The van der Waals surface area contributed by atoms with Crippen molar-refractivity contribution in [2.45, 2.75) is 5.92 Å². The number of carbonyl (C=O) groups excluding carboxylic acids is 1. The first-order valence-corrected chi connectivity index (χ1v) is 4.00. The van der Waals surface area contributed by atoms with Gasteiger partial charge in [0.2, 0.25) is 5.24 Å². The fourth-order valence-corrected chi connectivity index (χ4v) is 1.24. The quantitative estimate of drug-likeness (QED) is 0.517. The summed E-state index contributed by atoms with van der Waals surface area (Å²) < 4.78 is 0. The molecule has 0 radical (unpaired) electrons. The van der Waals surface area contributed by atoms with E-state index in [1.165, 1.54) is 0 Å². The van der Waals surface area contributed by atoms with Crippen molar-refractivity contribution in [3.05, 3.63) is 48.6 Å². The van der Waals surface area contributed by atoms with Crippen molar-refractivity contribution in [1.29, 1.82) is 0 Å². The van der Waals surface area contributed by atoms with Crippen molar-refractivity contribution in [3.63, 3.8) is 0 Å². The topological polar surface area (TPSA) is 17.1 Å². The number of hydrogen-bond donors (Lipinski definition) is 0. The van der Waals surface area contributed by atoms with Gasteiger partial charge in [0.05, 0.1) is 5.92 Å². The molecule has 1 atom stereocenters. The Kier molecular flexibility index (Phi) is 3.06. The summed E-state index contributed by atoms with van der Waals surface area (Å²) >= 11 is 5.37. The van der Waals surface area contributed by atoms with E-state index in [1.807, 2.05) is 30.3 Å². The maximum absolute atomic E-state index is 10.9. The molecule has 0 aromatic heterocycles. The van der Waals surface area contributed by atoms with E-state index in [0.29, 0.717) is 0 Å². The zero-order valence-corrected chi connectivity index (χ0v) is 7.29. The first-order valence-electron chi connectivity index (χ1n) is 3.62. The first-order chi connectivity index (χ1) is 5.75. The number of rotatable bonds is 3. The van der Waals surface area contributed by atoms with Crippen LogP contribution < -0.4 is 0 Å². The third-order valence-electron chi connectivity index (χ3n) is 1.64. The van der Waals surface area contributed by atoms with Crippen molar-refractivity contribution in [1.82, 2.24) is 0 Å². The van der Waals surface area contributed by atoms with Crippen LogP contribution in [0.5, 0.6) is 0 Å². The number of benzene rings is 1. The van der Waals surface area contributed by atoms with E-state index < -0.39 is 5.24 Å². The Morgan fingerprint density at radius 1 is 1.42 bits per heavy atom. The smallest absolute Gasteiger partial charge is 0.232 e. The van der Waals surface area contributed by atoms with Gasteiger partial charge in [0.1, 0.15) is 0 Å². The average Bonchev–Trinajstić information content (AvgIpc) is 2.07. The summed E-state index contributed by atoms with van der Waals surface area (Å²) in [6.07, 6.45) is 1.55. The van der Waals surface area contributed by atoms with Crippen molar-refractivity contribution >= 4 is 16.8 Å². The molecular weight excluding hydrogens is 172 g/mol. The molecule has 0 aliphatic rings. The van der Waals surface area contributed by atoms with Gasteiger partial charge in [0.25, 0.3) is 0 Å². The molecule has 1 nitrogen and oxygen atoms in total. The lowest BCUT2D eigenvalue weighted by Crippen LogP contribution is -2.02. The number of hydrogen-bond acceptors (Lipinski definition) is 1. The van der Waals surface area contributed by atoms with Gasteiger partial charge in [-0.2, -0.15) is 0 Å². The molecule has 1 rings (SSSR count). The molecule has 0 fully saturated rings. The van der Waals surface area contributed by atoms with E-state index in [2.05, 4.69) is 6.58 Å². The lowest BCUT2D eigenvalue weighted by atomic mass is 10.0. The summed E-state index contributed by atoms with van der Waals surface area (Å²) in [5.41, 5.74) is 0.882. The van der Waals surface area contributed by atoms with Crippen LogP contribution in [-0.2, 0) is 4.79 Å². The second-order valence-electron chi connectivity index (χ2n) is 2.43. The molecule has 1 aromatic rings.